The van der Waals surface area contributed by atoms with Crippen LogP contribution in [0.15, 0.2) is 48.5 Å². The molecule has 27 heavy (non-hydrogen) atoms. The predicted octanol–water partition coefficient (Wildman–Crippen LogP) is 3.77. The van der Waals surface area contributed by atoms with Gasteiger partial charge in [0.15, 0.2) is 0 Å². The molecule has 0 aliphatic carbocycles. The smallest absolute Gasteiger partial charge is 0.220 e. The van der Waals surface area contributed by atoms with Gasteiger partial charge in [-0.3, -0.25) is 9.69 Å². The third-order valence-electron chi connectivity index (χ3n) is 4.97. The van der Waals surface area contributed by atoms with Crippen LogP contribution in [0.4, 0.5) is 0 Å². The summed E-state index contributed by atoms with van der Waals surface area (Å²) in [6, 6.07) is 16.2. The highest BCUT2D eigenvalue weighted by Gasteiger charge is 2.24. The molecular formula is C22H27ClN2O2. The van der Waals surface area contributed by atoms with Crippen molar-refractivity contribution in [3.05, 3.63) is 70.2 Å². The summed E-state index contributed by atoms with van der Waals surface area (Å²) in [6.07, 6.45) is 1.24. The fourth-order valence-electron chi connectivity index (χ4n) is 3.49. The second kappa shape index (κ2) is 9.88. The lowest BCUT2D eigenvalue weighted by Crippen LogP contribution is -2.44. The Morgan fingerprint density at radius 2 is 1.96 bits per heavy atom. The molecule has 2 aromatic carbocycles. The van der Waals surface area contributed by atoms with Crippen molar-refractivity contribution < 1.29 is 9.53 Å². The SMILES string of the molecule is Cc1cccc(CCC(=O)NCC(c2ccccc2Cl)N2CCOCC2)c1. The first-order valence-electron chi connectivity index (χ1n) is 9.52. The Bertz CT molecular complexity index is 759. The minimum atomic E-state index is 0.0607. The van der Waals surface area contributed by atoms with E-state index in [0.717, 1.165) is 30.1 Å². The molecule has 1 unspecified atom stereocenters. The van der Waals surface area contributed by atoms with Crippen molar-refractivity contribution in [2.24, 2.45) is 0 Å². The summed E-state index contributed by atoms with van der Waals surface area (Å²) >= 11 is 6.44. The topological polar surface area (TPSA) is 41.6 Å². The van der Waals surface area contributed by atoms with E-state index in [0.29, 0.717) is 26.2 Å². The van der Waals surface area contributed by atoms with E-state index in [1.165, 1.54) is 11.1 Å². The maximum absolute atomic E-state index is 12.4. The van der Waals surface area contributed by atoms with Gasteiger partial charge in [0, 0.05) is 31.1 Å². The summed E-state index contributed by atoms with van der Waals surface area (Å²) in [6.45, 7) is 5.73. The van der Waals surface area contributed by atoms with Gasteiger partial charge in [-0.1, -0.05) is 59.6 Å². The first-order valence-corrected chi connectivity index (χ1v) is 9.90. The third kappa shape index (κ3) is 5.80. The van der Waals surface area contributed by atoms with Gasteiger partial charge >= 0.3 is 0 Å². The Labute approximate surface area is 166 Å². The Morgan fingerprint density at radius 1 is 1.19 bits per heavy atom. The number of morpholine rings is 1. The van der Waals surface area contributed by atoms with E-state index in [1.807, 2.05) is 30.3 Å². The van der Waals surface area contributed by atoms with Crippen LogP contribution >= 0.6 is 11.6 Å². The molecule has 1 fully saturated rings. The molecule has 1 saturated heterocycles. The maximum atomic E-state index is 12.4. The summed E-state index contributed by atoms with van der Waals surface area (Å²) in [4.78, 5) is 14.8. The molecule has 3 rings (SSSR count). The Kier molecular flexibility index (Phi) is 7.27. The van der Waals surface area contributed by atoms with Crippen LogP contribution in [-0.2, 0) is 16.0 Å². The summed E-state index contributed by atoms with van der Waals surface area (Å²) in [5.41, 5.74) is 3.47. The van der Waals surface area contributed by atoms with Crippen molar-refractivity contribution in [2.75, 3.05) is 32.8 Å². The highest BCUT2D eigenvalue weighted by molar-refractivity contribution is 6.31. The molecule has 1 amide bonds. The zero-order valence-corrected chi connectivity index (χ0v) is 16.5. The van der Waals surface area contributed by atoms with Crippen LogP contribution in [-0.4, -0.2) is 43.7 Å². The lowest BCUT2D eigenvalue weighted by atomic mass is 10.0. The van der Waals surface area contributed by atoms with Crippen molar-refractivity contribution in [1.29, 1.82) is 0 Å². The van der Waals surface area contributed by atoms with E-state index in [1.54, 1.807) is 0 Å². The highest BCUT2D eigenvalue weighted by Crippen LogP contribution is 2.27. The molecule has 2 aromatic rings. The van der Waals surface area contributed by atoms with Gasteiger partial charge < -0.3 is 10.1 Å². The fourth-order valence-corrected chi connectivity index (χ4v) is 3.76. The molecule has 4 nitrogen and oxygen atoms in total. The van der Waals surface area contributed by atoms with Crippen LogP contribution in [0.3, 0.4) is 0 Å². The van der Waals surface area contributed by atoms with Gasteiger partial charge in [0.05, 0.1) is 19.3 Å². The Balaban J connectivity index is 1.60. The highest BCUT2D eigenvalue weighted by atomic mass is 35.5. The number of nitrogens with one attached hydrogen (secondary N) is 1. The molecule has 0 bridgehead atoms. The van der Waals surface area contributed by atoms with Crippen LogP contribution in [0.2, 0.25) is 5.02 Å². The number of rotatable bonds is 7. The van der Waals surface area contributed by atoms with Crippen LogP contribution in [0, 0.1) is 6.92 Å². The third-order valence-corrected chi connectivity index (χ3v) is 5.31. The van der Waals surface area contributed by atoms with Gasteiger partial charge in [-0.15, -0.1) is 0 Å². The van der Waals surface area contributed by atoms with Crippen molar-refractivity contribution in [3.63, 3.8) is 0 Å². The zero-order chi connectivity index (χ0) is 19.1. The number of halogens is 1. The molecule has 1 atom stereocenters. The molecule has 0 saturated carbocycles. The van der Waals surface area contributed by atoms with Crippen molar-refractivity contribution >= 4 is 17.5 Å². The molecule has 1 heterocycles. The van der Waals surface area contributed by atoms with Crippen LogP contribution in [0.5, 0.6) is 0 Å². The standard InChI is InChI=1S/C22H27ClN2O2/c1-17-5-4-6-18(15-17)9-10-22(26)24-16-21(25-11-13-27-14-12-25)19-7-2-3-8-20(19)23/h2-8,15,21H,9-14,16H2,1H3,(H,24,26). The van der Waals surface area contributed by atoms with Gasteiger partial charge in [0.2, 0.25) is 5.91 Å². The average molecular weight is 387 g/mol. The summed E-state index contributed by atoms with van der Waals surface area (Å²) < 4.78 is 5.48. The molecule has 0 aromatic heterocycles. The van der Waals surface area contributed by atoms with E-state index < -0.39 is 0 Å². The second-order valence-corrected chi connectivity index (χ2v) is 7.39. The second-order valence-electron chi connectivity index (χ2n) is 6.98. The van der Waals surface area contributed by atoms with Gasteiger partial charge in [-0.2, -0.15) is 0 Å². The fraction of sp³-hybridized carbons (Fsp3) is 0.409. The summed E-state index contributed by atoms with van der Waals surface area (Å²) in [5.74, 6) is 0.0711. The minimum absolute atomic E-state index is 0.0607. The van der Waals surface area contributed by atoms with E-state index >= 15 is 0 Å². The number of carbonyl (C=O) groups excluding carboxylic acids is 1. The van der Waals surface area contributed by atoms with E-state index in [9.17, 15) is 4.79 Å². The monoisotopic (exact) mass is 386 g/mol. The van der Waals surface area contributed by atoms with Crippen LogP contribution < -0.4 is 5.32 Å². The first kappa shape index (κ1) is 19.9. The number of hydrogen-bond acceptors (Lipinski definition) is 3. The van der Waals surface area contributed by atoms with E-state index in [2.05, 4.69) is 35.3 Å². The minimum Gasteiger partial charge on any atom is -0.379 e. The molecule has 1 N–H and O–H groups in total. The summed E-state index contributed by atoms with van der Waals surface area (Å²) in [7, 11) is 0. The number of hydrogen-bond donors (Lipinski definition) is 1. The lowest BCUT2D eigenvalue weighted by Gasteiger charge is -2.35. The number of aryl methyl sites for hydroxylation is 2. The van der Waals surface area contributed by atoms with Crippen LogP contribution in [0.25, 0.3) is 0 Å². The number of ether oxygens (including phenoxy) is 1. The van der Waals surface area contributed by atoms with Crippen molar-refractivity contribution in [2.45, 2.75) is 25.8 Å². The largest absolute Gasteiger partial charge is 0.379 e. The summed E-state index contributed by atoms with van der Waals surface area (Å²) in [5, 5.41) is 3.85. The van der Waals surface area contributed by atoms with Crippen molar-refractivity contribution in [1.82, 2.24) is 10.2 Å². The van der Waals surface area contributed by atoms with Crippen molar-refractivity contribution in [3.8, 4) is 0 Å². The molecular weight excluding hydrogens is 360 g/mol. The quantitative estimate of drug-likeness (QED) is 0.787. The predicted molar refractivity (Wildman–Crippen MR) is 109 cm³/mol. The molecule has 0 spiro atoms. The normalized spacial score (nSPS) is 16.1. The number of benzene rings is 2. The van der Waals surface area contributed by atoms with E-state index in [4.69, 9.17) is 16.3 Å². The van der Waals surface area contributed by atoms with E-state index in [-0.39, 0.29) is 11.9 Å². The molecule has 144 valence electrons. The van der Waals surface area contributed by atoms with Gasteiger partial charge in [-0.05, 0) is 30.5 Å². The molecule has 1 aliphatic rings. The molecule has 5 heteroatoms. The zero-order valence-electron chi connectivity index (χ0n) is 15.8. The maximum Gasteiger partial charge on any atom is 0.220 e. The van der Waals surface area contributed by atoms with Gasteiger partial charge in [0.25, 0.3) is 0 Å². The van der Waals surface area contributed by atoms with Crippen LogP contribution in [0.1, 0.15) is 29.2 Å². The Hall–Kier alpha value is -1.88. The number of nitrogens with zero attached hydrogens (tertiary/aromatic N) is 1. The molecule has 0 radical (unpaired) electrons. The number of amides is 1. The lowest BCUT2D eigenvalue weighted by molar-refractivity contribution is -0.121. The average Bonchev–Trinajstić information content (AvgIpc) is 2.69. The van der Waals surface area contributed by atoms with Gasteiger partial charge in [0.1, 0.15) is 0 Å². The first-order chi connectivity index (χ1) is 13.1. The molecule has 1 aliphatic heterocycles. The number of carbonyl (C=O) groups is 1. The Morgan fingerprint density at radius 3 is 2.70 bits per heavy atom. The van der Waals surface area contributed by atoms with Gasteiger partial charge in [-0.25, -0.2) is 0 Å².